The quantitative estimate of drug-likeness (QED) is 0.286. The summed E-state index contributed by atoms with van der Waals surface area (Å²) >= 11 is 0. The summed E-state index contributed by atoms with van der Waals surface area (Å²) in [5.41, 5.74) is 5.22. The molecular formula is C19H42N4O2. The van der Waals surface area contributed by atoms with E-state index in [4.69, 9.17) is 21.1 Å². The van der Waals surface area contributed by atoms with Gasteiger partial charge in [0.1, 0.15) is 0 Å². The lowest BCUT2D eigenvalue weighted by atomic mass is 9.99. The molecule has 0 spiro atoms. The molecular weight excluding hydrogens is 316 g/mol. The van der Waals surface area contributed by atoms with Gasteiger partial charge < -0.3 is 21.1 Å². The van der Waals surface area contributed by atoms with Gasteiger partial charge in [-0.15, -0.1) is 0 Å². The van der Waals surface area contributed by atoms with Crippen molar-refractivity contribution in [1.82, 2.24) is 0 Å². The van der Waals surface area contributed by atoms with Gasteiger partial charge in [0.05, 0.1) is 18.9 Å². The Morgan fingerprint density at radius 1 is 1.12 bits per heavy atom. The van der Waals surface area contributed by atoms with Crippen molar-refractivity contribution < 1.29 is 9.47 Å². The van der Waals surface area contributed by atoms with Crippen molar-refractivity contribution in [2.24, 2.45) is 27.6 Å². The van der Waals surface area contributed by atoms with Crippen molar-refractivity contribution in [3.63, 3.8) is 0 Å². The molecule has 25 heavy (non-hydrogen) atoms. The van der Waals surface area contributed by atoms with Crippen LogP contribution >= 0.6 is 0 Å². The SMILES string of the molecule is CC1CCOC(C)C1.CCCCCOCCN.CCCN=C/C=N\N. The van der Waals surface area contributed by atoms with Gasteiger partial charge in [0.2, 0.25) is 0 Å². The lowest BCUT2D eigenvalue weighted by Crippen LogP contribution is -2.20. The van der Waals surface area contributed by atoms with E-state index in [1.165, 1.54) is 38.3 Å². The fourth-order valence-electron chi connectivity index (χ4n) is 2.15. The minimum Gasteiger partial charge on any atom is -0.380 e. The molecule has 2 atom stereocenters. The molecule has 2 unspecified atom stereocenters. The van der Waals surface area contributed by atoms with Gasteiger partial charge in [0, 0.05) is 32.5 Å². The predicted octanol–water partition coefficient (Wildman–Crippen LogP) is 3.39. The van der Waals surface area contributed by atoms with Crippen molar-refractivity contribution in [3.05, 3.63) is 0 Å². The molecule has 0 aromatic heterocycles. The van der Waals surface area contributed by atoms with Crippen molar-refractivity contribution in [1.29, 1.82) is 0 Å². The molecule has 1 aliphatic heterocycles. The van der Waals surface area contributed by atoms with Crippen LogP contribution in [0.3, 0.4) is 0 Å². The summed E-state index contributed by atoms with van der Waals surface area (Å²) in [6.07, 6.45) is 10.9. The second kappa shape index (κ2) is 23.0. The summed E-state index contributed by atoms with van der Waals surface area (Å²) < 4.78 is 10.5. The Bertz CT molecular complexity index is 285. The highest BCUT2D eigenvalue weighted by atomic mass is 16.5. The molecule has 1 aliphatic rings. The van der Waals surface area contributed by atoms with E-state index in [1.54, 1.807) is 6.21 Å². The molecule has 0 saturated carbocycles. The highest BCUT2D eigenvalue weighted by Crippen LogP contribution is 2.18. The largest absolute Gasteiger partial charge is 0.380 e. The predicted molar refractivity (Wildman–Crippen MR) is 110 cm³/mol. The third-order valence-electron chi connectivity index (χ3n) is 3.51. The van der Waals surface area contributed by atoms with Crippen LogP contribution in [0.5, 0.6) is 0 Å². The first-order valence-electron chi connectivity index (χ1n) is 9.73. The number of nitrogens with zero attached hydrogens (tertiary/aromatic N) is 2. The summed E-state index contributed by atoms with van der Waals surface area (Å²) in [5, 5.41) is 3.23. The number of aliphatic imine (C=N–C) groups is 1. The molecule has 6 nitrogen and oxygen atoms in total. The van der Waals surface area contributed by atoms with E-state index in [2.05, 4.69) is 37.8 Å². The monoisotopic (exact) mass is 358 g/mol. The third kappa shape index (κ3) is 25.4. The van der Waals surface area contributed by atoms with E-state index >= 15 is 0 Å². The molecule has 1 rings (SSSR count). The second-order valence-corrected chi connectivity index (χ2v) is 6.27. The normalized spacial score (nSPS) is 20.0. The van der Waals surface area contributed by atoms with Crippen LogP contribution < -0.4 is 11.6 Å². The molecule has 0 bridgehead atoms. The Morgan fingerprint density at radius 3 is 2.36 bits per heavy atom. The van der Waals surface area contributed by atoms with E-state index in [9.17, 15) is 0 Å². The molecule has 0 radical (unpaired) electrons. The zero-order valence-electron chi connectivity index (χ0n) is 17.0. The van der Waals surface area contributed by atoms with Crippen LogP contribution in [0.4, 0.5) is 0 Å². The van der Waals surface area contributed by atoms with Crippen LogP contribution in [0.25, 0.3) is 0 Å². The third-order valence-corrected chi connectivity index (χ3v) is 3.51. The Balaban J connectivity index is 0. The van der Waals surface area contributed by atoms with Gasteiger partial charge in [0.15, 0.2) is 0 Å². The number of hydrazone groups is 1. The van der Waals surface area contributed by atoms with Crippen molar-refractivity contribution in [2.45, 2.75) is 72.3 Å². The minimum atomic E-state index is 0.513. The number of hydrogen-bond acceptors (Lipinski definition) is 6. The van der Waals surface area contributed by atoms with Crippen LogP contribution in [0.2, 0.25) is 0 Å². The van der Waals surface area contributed by atoms with Crippen molar-refractivity contribution in [3.8, 4) is 0 Å². The fourth-order valence-corrected chi connectivity index (χ4v) is 2.15. The highest BCUT2D eigenvalue weighted by molar-refractivity contribution is 6.15. The summed E-state index contributed by atoms with van der Waals surface area (Å²) in [6, 6.07) is 0. The van der Waals surface area contributed by atoms with Gasteiger partial charge >= 0.3 is 0 Å². The first-order valence-corrected chi connectivity index (χ1v) is 9.73. The van der Waals surface area contributed by atoms with E-state index in [1.807, 2.05) is 0 Å². The molecule has 1 heterocycles. The smallest absolute Gasteiger partial charge is 0.0644 e. The zero-order chi connectivity index (χ0) is 19.2. The Morgan fingerprint density at radius 2 is 1.88 bits per heavy atom. The van der Waals surface area contributed by atoms with Gasteiger partial charge in [-0.25, -0.2) is 0 Å². The molecule has 6 heteroatoms. The highest BCUT2D eigenvalue weighted by Gasteiger charge is 2.13. The standard InChI is InChI=1S/C7H17NO.C7H14O.C5H11N3/c1-2-3-4-6-9-7-5-8;1-6-3-4-8-7(2)5-6;1-2-3-7-4-5-8-6/h2-8H2,1H3;6-7H,3-5H2,1-2H3;4-5H,2-3,6H2,1H3/b;;7-4?,8-5-. The van der Waals surface area contributed by atoms with E-state index in [-0.39, 0.29) is 0 Å². The number of rotatable bonds is 9. The first-order chi connectivity index (χ1) is 12.1. The number of ether oxygens (including phenoxy) is 2. The summed E-state index contributed by atoms with van der Waals surface area (Å²) in [7, 11) is 0. The first kappa shape index (κ1) is 26.3. The molecule has 0 aromatic carbocycles. The molecule has 1 saturated heterocycles. The molecule has 1 fully saturated rings. The Labute approximate surface area is 155 Å². The maximum Gasteiger partial charge on any atom is 0.0644 e. The maximum atomic E-state index is 5.35. The Hall–Kier alpha value is -0.980. The van der Waals surface area contributed by atoms with Gasteiger partial charge in [0.25, 0.3) is 0 Å². The summed E-state index contributed by atoms with van der Waals surface area (Å²) in [6.45, 7) is 12.8. The maximum absolute atomic E-state index is 5.35. The van der Waals surface area contributed by atoms with Gasteiger partial charge in [-0.05, 0) is 38.5 Å². The van der Waals surface area contributed by atoms with Gasteiger partial charge in [-0.3, -0.25) is 4.99 Å². The van der Waals surface area contributed by atoms with E-state index in [0.717, 1.165) is 32.1 Å². The van der Waals surface area contributed by atoms with Crippen LogP contribution in [0.1, 0.15) is 66.2 Å². The van der Waals surface area contributed by atoms with Crippen molar-refractivity contribution in [2.75, 3.05) is 32.9 Å². The number of hydrogen-bond donors (Lipinski definition) is 2. The average molecular weight is 359 g/mol. The molecule has 150 valence electrons. The zero-order valence-corrected chi connectivity index (χ0v) is 17.0. The van der Waals surface area contributed by atoms with Gasteiger partial charge in [-0.2, -0.15) is 5.10 Å². The molecule has 0 aliphatic carbocycles. The fraction of sp³-hybridized carbons (Fsp3) is 0.895. The van der Waals surface area contributed by atoms with Crippen LogP contribution in [0, 0.1) is 5.92 Å². The van der Waals surface area contributed by atoms with E-state index in [0.29, 0.717) is 19.3 Å². The number of nitrogens with two attached hydrogens (primary N) is 2. The van der Waals surface area contributed by atoms with Crippen LogP contribution in [-0.4, -0.2) is 51.4 Å². The Kier molecular flexibility index (Phi) is 24.2. The molecule has 0 amide bonds. The van der Waals surface area contributed by atoms with Crippen LogP contribution in [-0.2, 0) is 9.47 Å². The summed E-state index contributed by atoms with van der Waals surface area (Å²) in [4.78, 5) is 3.93. The molecule has 4 N–H and O–H groups in total. The second-order valence-electron chi connectivity index (χ2n) is 6.27. The lowest BCUT2D eigenvalue weighted by Gasteiger charge is -2.23. The lowest BCUT2D eigenvalue weighted by molar-refractivity contribution is 0.00682. The van der Waals surface area contributed by atoms with Gasteiger partial charge in [-0.1, -0.05) is 33.6 Å². The van der Waals surface area contributed by atoms with Crippen LogP contribution in [0.15, 0.2) is 10.1 Å². The average Bonchev–Trinajstić information content (AvgIpc) is 2.60. The number of unbranched alkanes of at least 4 members (excludes halogenated alkanes) is 2. The molecule has 0 aromatic rings. The minimum absolute atomic E-state index is 0.513. The van der Waals surface area contributed by atoms with Crippen molar-refractivity contribution >= 4 is 12.4 Å². The van der Waals surface area contributed by atoms with E-state index < -0.39 is 0 Å². The summed E-state index contributed by atoms with van der Waals surface area (Å²) in [5.74, 6) is 5.68. The topological polar surface area (TPSA) is 95.2 Å².